The van der Waals surface area contributed by atoms with Crippen LogP contribution in [-0.2, 0) is 0 Å². The largest absolute Gasteiger partial charge is 0.508 e. The van der Waals surface area contributed by atoms with E-state index in [9.17, 15) is 13.9 Å². The minimum atomic E-state index is -0.439. The van der Waals surface area contributed by atoms with E-state index in [4.69, 9.17) is 0 Å². The molecule has 0 radical (unpaired) electrons. The van der Waals surface area contributed by atoms with E-state index in [-0.39, 0.29) is 23.0 Å². The Labute approximate surface area is 105 Å². The van der Waals surface area contributed by atoms with Gasteiger partial charge in [0.15, 0.2) is 0 Å². The molecule has 0 fully saturated rings. The van der Waals surface area contributed by atoms with Crippen molar-refractivity contribution in [2.45, 2.75) is 19.3 Å². The first-order valence-electron chi connectivity index (χ1n) is 5.86. The van der Waals surface area contributed by atoms with Crippen molar-refractivity contribution in [1.82, 2.24) is 0 Å². The summed E-state index contributed by atoms with van der Waals surface area (Å²) in [5.74, 6) is -1.10. The monoisotopic (exact) mass is 248 g/mol. The van der Waals surface area contributed by atoms with Crippen LogP contribution in [0.15, 0.2) is 42.5 Å². The number of benzene rings is 2. The van der Waals surface area contributed by atoms with Crippen molar-refractivity contribution in [3.63, 3.8) is 0 Å². The van der Waals surface area contributed by atoms with Crippen LogP contribution in [0.3, 0.4) is 0 Å². The third-order valence-corrected chi connectivity index (χ3v) is 3.06. The van der Waals surface area contributed by atoms with Gasteiger partial charge in [0.25, 0.3) is 0 Å². The molecular weight excluding hydrogens is 234 g/mol. The van der Waals surface area contributed by atoms with Gasteiger partial charge in [-0.3, -0.25) is 0 Å². The van der Waals surface area contributed by atoms with Crippen LogP contribution < -0.4 is 0 Å². The highest BCUT2D eigenvalue weighted by molar-refractivity contribution is 5.42. The summed E-state index contributed by atoms with van der Waals surface area (Å²) >= 11 is 0. The van der Waals surface area contributed by atoms with Crippen LogP contribution in [0.25, 0.3) is 0 Å². The van der Waals surface area contributed by atoms with Crippen LogP contribution in [0.1, 0.15) is 30.4 Å². The van der Waals surface area contributed by atoms with Gasteiger partial charge in [0.05, 0.1) is 0 Å². The topological polar surface area (TPSA) is 20.2 Å². The molecule has 2 aromatic carbocycles. The highest BCUT2D eigenvalue weighted by Gasteiger charge is 2.19. The van der Waals surface area contributed by atoms with Gasteiger partial charge in [-0.05, 0) is 36.2 Å². The zero-order valence-electron chi connectivity index (χ0n) is 10.0. The van der Waals surface area contributed by atoms with Crippen molar-refractivity contribution in [2.24, 2.45) is 0 Å². The second kappa shape index (κ2) is 5.17. The molecule has 0 heterocycles. The Kier molecular flexibility index (Phi) is 3.60. The lowest BCUT2D eigenvalue weighted by Crippen LogP contribution is -2.03. The minimum Gasteiger partial charge on any atom is -0.508 e. The summed E-state index contributed by atoms with van der Waals surface area (Å²) in [7, 11) is 0. The fourth-order valence-corrected chi connectivity index (χ4v) is 2.17. The maximum absolute atomic E-state index is 13.8. The van der Waals surface area contributed by atoms with Crippen LogP contribution in [-0.4, -0.2) is 5.11 Å². The first-order valence-corrected chi connectivity index (χ1v) is 5.86. The zero-order chi connectivity index (χ0) is 13.1. The number of phenolic OH excluding ortho intramolecular Hbond substituents is 1. The number of hydrogen-bond donors (Lipinski definition) is 1. The predicted molar refractivity (Wildman–Crippen MR) is 66.6 cm³/mol. The van der Waals surface area contributed by atoms with E-state index < -0.39 is 5.82 Å². The first kappa shape index (κ1) is 12.6. The van der Waals surface area contributed by atoms with Crippen molar-refractivity contribution in [3.05, 3.63) is 65.2 Å². The summed E-state index contributed by atoms with van der Waals surface area (Å²) < 4.78 is 26.7. The SMILES string of the molecule is CCC(c1ccc(F)cc1)c1c(O)cccc1F. The third-order valence-electron chi connectivity index (χ3n) is 3.06. The first-order chi connectivity index (χ1) is 8.63. The van der Waals surface area contributed by atoms with Gasteiger partial charge in [-0.15, -0.1) is 0 Å². The second-order valence-corrected chi connectivity index (χ2v) is 4.19. The molecule has 0 saturated heterocycles. The highest BCUT2D eigenvalue weighted by Crippen LogP contribution is 2.35. The molecule has 1 atom stereocenters. The van der Waals surface area contributed by atoms with E-state index in [1.807, 2.05) is 6.92 Å². The second-order valence-electron chi connectivity index (χ2n) is 4.19. The molecule has 2 aromatic rings. The lowest BCUT2D eigenvalue weighted by molar-refractivity contribution is 0.452. The fourth-order valence-electron chi connectivity index (χ4n) is 2.17. The van der Waals surface area contributed by atoms with Crippen LogP contribution in [0.2, 0.25) is 0 Å². The molecule has 1 nitrogen and oxygen atoms in total. The minimum absolute atomic E-state index is 0.0637. The van der Waals surface area contributed by atoms with Crippen molar-refractivity contribution < 1.29 is 13.9 Å². The summed E-state index contributed by atoms with van der Waals surface area (Å²) in [5, 5.41) is 9.79. The van der Waals surface area contributed by atoms with Crippen molar-refractivity contribution >= 4 is 0 Å². The molecule has 0 saturated carbocycles. The Morgan fingerprint density at radius 2 is 1.72 bits per heavy atom. The van der Waals surface area contributed by atoms with E-state index in [2.05, 4.69) is 0 Å². The van der Waals surface area contributed by atoms with E-state index in [1.165, 1.54) is 30.3 Å². The number of hydrogen-bond acceptors (Lipinski definition) is 1. The van der Waals surface area contributed by atoms with Crippen molar-refractivity contribution in [2.75, 3.05) is 0 Å². The average Bonchev–Trinajstić information content (AvgIpc) is 2.35. The van der Waals surface area contributed by atoms with Crippen molar-refractivity contribution in [1.29, 1.82) is 0 Å². The summed E-state index contributed by atoms with van der Waals surface area (Å²) in [4.78, 5) is 0. The Hall–Kier alpha value is -1.90. The molecular formula is C15H14F2O. The van der Waals surface area contributed by atoms with Gasteiger partial charge >= 0.3 is 0 Å². The molecule has 18 heavy (non-hydrogen) atoms. The van der Waals surface area contributed by atoms with Gasteiger partial charge in [-0.1, -0.05) is 25.1 Å². The van der Waals surface area contributed by atoms with Crippen LogP contribution >= 0.6 is 0 Å². The summed E-state index contributed by atoms with van der Waals surface area (Å²) in [6.45, 7) is 1.90. The lowest BCUT2D eigenvalue weighted by Gasteiger charge is -2.18. The third kappa shape index (κ3) is 2.35. The zero-order valence-corrected chi connectivity index (χ0v) is 10.0. The molecule has 2 rings (SSSR count). The van der Waals surface area contributed by atoms with Crippen molar-refractivity contribution in [3.8, 4) is 5.75 Å². The van der Waals surface area contributed by atoms with Crippen LogP contribution in [0, 0.1) is 11.6 Å². The summed E-state index contributed by atoms with van der Waals surface area (Å²) in [6.07, 6.45) is 0.625. The van der Waals surface area contributed by atoms with E-state index in [0.717, 1.165) is 5.56 Å². The maximum atomic E-state index is 13.8. The van der Waals surface area contributed by atoms with Gasteiger partial charge in [0, 0.05) is 11.5 Å². The predicted octanol–water partition coefficient (Wildman–Crippen LogP) is 4.21. The lowest BCUT2D eigenvalue weighted by atomic mass is 9.88. The molecule has 0 aromatic heterocycles. The average molecular weight is 248 g/mol. The Morgan fingerprint density at radius 1 is 1.06 bits per heavy atom. The Balaban J connectivity index is 2.48. The summed E-state index contributed by atoms with van der Waals surface area (Å²) in [6, 6.07) is 10.2. The molecule has 0 amide bonds. The maximum Gasteiger partial charge on any atom is 0.130 e. The highest BCUT2D eigenvalue weighted by atomic mass is 19.1. The van der Waals surface area contributed by atoms with Crippen LogP contribution in [0.5, 0.6) is 5.75 Å². The number of phenols is 1. The van der Waals surface area contributed by atoms with Gasteiger partial charge in [0.1, 0.15) is 17.4 Å². The molecule has 1 N–H and O–H groups in total. The van der Waals surface area contributed by atoms with Gasteiger partial charge < -0.3 is 5.11 Å². The molecule has 94 valence electrons. The number of aromatic hydroxyl groups is 1. The van der Waals surface area contributed by atoms with Gasteiger partial charge in [0.2, 0.25) is 0 Å². The van der Waals surface area contributed by atoms with Gasteiger partial charge in [-0.2, -0.15) is 0 Å². The van der Waals surface area contributed by atoms with E-state index in [0.29, 0.717) is 6.42 Å². The molecule has 0 aliphatic carbocycles. The van der Waals surface area contributed by atoms with Crippen LogP contribution in [0.4, 0.5) is 8.78 Å². The molecule has 1 unspecified atom stereocenters. The fraction of sp³-hybridized carbons (Fsp3) is 0.200. The normalized spacial score (nSPS) is 12.4. The molecule has 0 bridgehead atoms. The number of rotatable bonds is 3. The summed E-state index contributed by atoms with van der Waals surface area (Å²) in [5.41, 5.74) is 1.06. The molecule has 3 heteroatoms. The number of halogens is 2. The Bertz CT molecular complexity index is 514. The van der Waals surface area contributed by atoms with E-state index >= 15 is 0 Å². The van der Waals surface area contributed by atoms with E-state index in [1.54, 1.807) is 12.1 Å². The molecule has 0 spiro atoms. The molecule has 0 aliphatic rings. The molecule has 0 aliphatic heterocycles. The van der Waals surface area contributed by atoms with Gasteiger partial charge in [-0.25, -0.2) is 8.78 Å². The Morgan fingerprint density at radius 3 is 2.28 bits per heavy atom. The smallest absolute Gasteiger partial charge is 0.130 e. The standard InChI is InChI=1S/C15H14F2O/c1-2-12(10-6-8-11(16)9-7-10)15-13(17)4-3-5-14(15)18/h3-9,12,18H,2H2,1H3. The quantitative estimate of drug-likeness (QED) is 0.862.